The molecule has 0 atom stereocenters. The number of alkyl halides is 3. The molecule has 0 saturated heterocycles. The average molecular weight is 274 g/mol. The second-order valence-electron chi connectivity index (χ2n) is 3.41. The first-order chi connectivity index (χ1) is 8.96. The Balaban J connectivity index is 2.10. The Kier molecular flexibility index (Phi) is 3.56. The molecule has 0 unspecified atom stereocenters. The molecule has 0 aliphatic carbocycles. The van der Waals surface area contributed by atoms with E-state index in [9.17, 15) is 13.2 Å². The standard InChI is InChI=1S/C10H9F3N4O2/c11-10(12,13)19-7-3-1-2-6(4-7)15-9-17-16-8(5-14)18-9/h1-4H,5,14H2,(H,15,17). The van der Waals surface area contributed by atoms with Gasteiger partial charge in [0.25, 0.3) is 0 Å². The zero-order chi connectivity index (χ0) is 13.9. The molecule has 3 N–H and O–H groups in total. The summed E-state index contributed by atoms with van der Waals surface area (Å²) >= 11 is 0. The van der Waals surface area contributed by atoms with E-state index in [0.29, 0.717) is 5.69 Å². The van der Waals surface area contributed by atoms with E-state index in [1.165, 1.54) is 18.2 Å². The van der Waals surface area contributed by atoms with Crippen molar-refractivity contribution in [2.45, 2.75) is 12.9 Å². The van der Waals surface area contributed by atoms with Crippen LogP contribution in [-0.4, -0.2) is 16.6 Å². The topological polar surface area (TPSA) is 86.2 Å². The molecule has 9 heteroatoms. The van der Waals surface area contributed by atoms with Gasteiger partial charge in [-0.1, -0.05) is 11.2 Å². The molecular formula is C10H9F3N4O2. The van der Waals surface area contributed by atoms with Gasteiger partial charge >= 0.3 is 12.4 Å². The number of halogens is 3. The lowest BCUT2D eigenvalue weighted by Crippen LogP contribution is -2.17. The minimum absolute atomic E-state index is 0.0320. The molecule has 19 heavy (non-hydrogen) atoms. The number of anilines is 2. The highest BCUT2D eigenvalue weighted by molar-refractivity contribution is 5.54. The van der Waals surface area contributed by atoms with Crippen LogP contribution in [0, 0.1) is 0 Å². The predicted molar refractivity (Wildman–Crippen MR) is 58.6 cm³/mol. The van der Waals surface area contributed by atoms with Gasteiger partial charge in [-0.2, -0.15) is 0 Å². The van der Waals surface area contributed by atoms with Crippen molar-refractivity contribution in [3.8, 4) is 5.75 Å². The van der Waals surface area contributed by atoms with E-state index in [0.717, 1.165) is 6.07 Å². The number of nitrogens with zero attached hydrogens (tertiary/aromatic N) is 2. The van der Waals surface area contributed by atoms with Crippen LogP contribution in [0.5, 0.6) is 5.75 Å². The van der Waals surface area contributed by atoms with Crippen LogP contribution in [0.3, 0.4) is 0 Å². The maximum atomic E-state index is 12.1. The minimum atomic E-state index is -4.74. The monoisotopic (exact) mass is 274 g/mol. The Morgan fingerprint density at radius 1 is 1.32 bits per heavy atom. The van der Waals surface area contributed by atoms with Crippen LogP contribution in [0.2, 0.25) is 0 Å². The molecule has 0 aliphatic rings. The highest BCUT2D eigenvalue weighted by Gasteiger charge is 2.31. The first-order valence-corrected chi connectivity index (χ1v) is 5.11. The largest absolute Gasteiger partial charge is 0.573 e. The lowest BCUT2D eigenvalue weighted by Gasteiger charge is -2.09. The number of hydrogen-bond donors (Lipinski definition) is 2. The van der Waals surface area contributed by atoms with Gasteiger partial charge in [-0.15, -0.1) is 18.3 Å². The maximum Gasteiger partial charge on any atom is 0.573 e. The maximum absolute atomic E-state index is 12.1. The Morgan fingerprint density at radius 2 is 2.11 bits per heavy atom. The van der Waals surface area contributed by atoms with Crippen LogP contribution >= 0.6 is 0 Å². The number of aromatic nitrogens is 2. The summed E-state index contributed by atoms with van der Waals surface area (Å²) in [5, 5.41) is 9.85. The Morgan fingerprint density at radius 3 is 2.74 bits per heavy atom. The molecule has 0 radical (unpaired) electrons. The molecule has 1 aromatic heterocycles. The lowest BCUT2D eigenvalue weighted by atomic mass is 10.3. The predicted octanol–water partition coefficient (Wildman–Crippen LogP) is 2.17. The Bertz CT molecular complexity index is 556. The van der Waals surface area contributed by atoms with E-state index in [2.05, 4.69) is 20.3 Å². The summed E-state index contributed by atoms with van der Waals surface area (Å²) in [7, 11) is 0. The molecule has 0 bridgehead atoms. The summed E-state index contributed by atoms with van der Waals surface area (Å²) in [4.78, 5) is 0. The van der Waals surface area contributed by atoms with Crippen LogP contribution in [0.1, 0.15) is 5.89 Å². The summed E-state index contributed by atoms with van der Waals surface area (Å²) in [5.41, 5.74) is 5.59. The molecule has 0 spiro atoms. The zero-order valence-electron chi connectivity index (χ0n) is 9.44. The van der Waals surface area contributed by atoms with E-state index < -0.39 is 6.36 Å². The number of hydrogen-bond acceptors (Lipinski definition) is 6. The molecule has 0 aliphatic heterocycles. The molecule has 0 saturated carbocycles. The van der Waals surface area contributed by atoms with E-state index in [4.69, 9.17) is 10.2 Å². The van der Waals surface area contributed by atoms with E-state index in [1.54, 1.807) is 0 Å². The van der Waals surface area contributed by atoms with Crippen LogP contribution < -0.4 is 15.8 Å². The minimum Gasteiger partial charge on any atom is -0.406 e. The van der Waals surface area contributed by atoms with Crippen LogP contribution in [-0.2, 0) is 6.54 Å². The first-order valence-electron chi connectivity index (χ1n) is 5.11. The summed E-state index contributed by atoms with van der Waals surface area (Å²) in [6.07, 6.45) is -4.74. The second kappa shape index (κ2) is 5.14. The van der Waals surface area contributed by atoms with Gasteiger partial charge in [0, 0.05) is 11.8 Å². The van der Waals surface area contributed by atoms with Crippen molar-refractivity contribution in [3.05, 3.63) is 30.2 Å². The smallest absolute Gasteiger partial charge is 0.406 e. The lowest BCUT2D eigenvalue weighted by molar-refractivity contribution is -0.274. The summed E-state index contributed by atoms with van der Waals surface area (Å²) in [5.74, 6) is -0.138. The highest BCUT2D eigenvalue weighted by atomic mass is 19.4. The van der Waals surface area contributed by atoms with Crippen molar-refractivity contribution in [1.82, 2.24) is 10.2 Å². The van der Waals surface area contributed by atoms with Crippen LogP contribution in [0.25, 0.3) is 0 Å². The molecular weight excluding hydrogens is 265 g/mol. The highest BCUT2D eigenvalue weighted by Crippen LogP contribution is 2.26. The number of rotatable bonds is 4. The van der Waals surface area contributed by atoms with E-state index in [-0.39, 0.29) is 24.2 Å². The zero-order valence-corrected chi connectivity index (χ0v) is 9.44. The van der Waals surface area contributed by atoms with Crippen LogP contribution in [0.4, 0.5) is 24.9 Å². The van der Waals surface area contributed by atoms with Crippen molar-refractivity contribution in [2.75, 3.05) is 5.32 Å². The molecule has 0 fully saturated rings. The summed E-state index contributed by atoms with van der Waals surface area (Å²) in [6.45, 7) is 0.0753. The molecule has 0 amide bonds. The molecule has 2 aromatic rings. The van der Waals surface area contributed by atoms with Gasteiger partial charge in [-0.3, -0.25) is 0 Å². The molecule has 2 rings (SSSR count). The van der Waals surface area contributed by atoms with Crippen LogP contribution in [0.15, 0.2) is 28.7 Å². The SMILES string of the molecule is NCc1nnc(Nc2cccc(OC(F)(F)F)c2)o1. The number of nitrogens with one attached hydrogen (secondary N) is 1. The van der Waals surface area contributed by atoms with Crippen molar-refractivity contribution in [1.29, 1.82) is 0 Å². The second-order valence-corrected chi connectivity index (χ2v) is 3.41. The van der Waals surface area contributed by atoms with Gasteiger partial charge in [-0.25, -0.2) is 0 Å². The molecule has 1 aromatic carbocycles. The van der Waals surface area contributed by atoms with E-state index in [1.807, 2.05) is 0 Å². The third kappa shape index (κ3) is 3.85. The fourth-order valence-corrected chi connectivity index (χ4v) is 1.28. The fourth-order valence-electron chi connectivity index (χ4n) is 1.28. The van der Waals surface area contributed by atoms with Crippen molar-refractivity contribution in [3.63, 3.8) is 0 Å². The Labute approximate surface area is 105 Å². The summed E-state index contributed by atoms with van der Waals surface area (Å²) < 4.78 is 45.0. The van der Waals surface area contributed by atoms with Crippen molar-refractivity contribution in [2.24, 2.45) is 5.73 Å². The third-order valence-corrected chi connectivity index (χ3v) is 1.96. The number of ether oxygens (including phenoxy) is 1. The van der Waals surface area contributed by atoms with E-state index >= 15 is 0 Å². The molecule has 1 heterocycles. The molecule has 102 valence electrons. The summed E-state index contributed by atoms with van der Waals surface area (Å²) in [6, 6.07) is 5.28. The Hall–Kier alpha value is -2.29. The molecule has 6 nitrogen and oxygen atoms in total. The van der Waals surface area contributed by atoms with Crippen molar-refractivity contribution < 1.29 is 22.3 Å². The van der Waals surface area contributed by atoms with Gasteiger partial charge in [0.05, 0.1) is 6.54 Å². The number of nitrogens with two attached hydrogens (primary N) is 1. The average Bonchev–Trinajstić information content (AvgIpc) is 2.75. The third-order valence-electron chi connectivity index (χ3n) is 1.96. The first kappa shape index (κ1) is 13.1. The fraction of sp³-hybridized carbons (Fsp3) is 0.200. The normalized spacial score (nSPS) is 11.4. The van der Waals surface area contributed by atoms with Gasteiger partial charge in [0.1, 0.15) is 5.75 Å². The quantitative estimate of drug-likeness (QED) is 0.888. The van der Waals surface area contributed by atoms with Crippen molar-refractivity contribution >= 4 is 11.7 Å². The van der Waals surface area contributed by atoms with Gasteiger partial charge in [0.2, 0.25) is 5.89 Å². The number of benzene rings is 1. The van der Waals surface area contributed by atoms with Gasteiger partial charge < -0.3 is 20.2 Å². The van der Waals surface area contributed by atoms with Gasteiger partial charge in [0.15, 0.2) is 0 Å². The van der Waals surface area contributed by atoms with Gasteiger partial charge in [-0.05, 0) is 12.1 Å².